The van der Waals surface area contributed by atoms with Crippen molar-refractivity contribution in [2.45, 2.75) is 19.5 Å². The van der Waals surface area contributed by atoms with Gasteiger partial charge in [0.1, 0.15) is 5.69 Å². The first kappa shape index (κ1) is 14.5. The highest BCUT2D eigenvalue weighted by atomic mass is 16.7. The van der Waals surface area contributed by atoms with Crippen LogP contribution >= 0.6 is 0 Å². The monoisotopic (exact) mass is 293 g/mol. The van der Waals surface area contributed by atoms with E-state index in [0.717, 1.165) is 11.1 Å². The quantitative estimate of drug-likeness (QED) is 0.676. The van der Waals surface area contributed by atoms with Crippen LogP contribution < -0.4 is 0 Å². The van der Waals surface area contributed by atoms with E-state index in [1.807, 2.05) is 60.7 Å². The predicted molar refractivity (Wildman–Crippen MR) is 82.6 cm³/mol. The van der Waals surface area contributed by atoms with Gasteiger partial charge in [0.15, 0.2) is 0 Å². The van der Waals surface area contributed by atoms with E-state index in [2.05, 4.69) is 16.3 Å². The van der Waals surface area contributed by atoms with Crippen molar-refractivity contribution in [3.05, 3.63) is 89.7 Å². The summed E-state index contributed by atoms with van der Waals surface area (Å²) >= 11 is 0. The van der Waals surface area contributed by atoms with Crippen molar-refractivity contribution in [1.82, 2.24) is 10.2 Å². The van der Waals surface area contributed by atoms with Crippen LogP contribution in [0, 0.1) is 6.07 Å². The van der Waals surface area contributed by atoms with Crippen LogP contribution in [0.15, 0.2) is 66.9 Å². The first-order chi connectivity index (χ1) is 10.9. The van der Waals surface area contributed by atoms with Crippen LogP contribution in [0.3, 0.4) is 0 Å². The zero-order valence-corrected chi connectivity index (χ0v) is 12.1. The lowest BCUT2D eigenvalue weighted by Gasteiger charge is -2.16. The lowest BCUT2D eigenvalue weighted by atomic mass is 10.2. The van der Waals surface area contributed by atoms with Crippen molar-refractivity contribution in [2.75, 3.05) is 0 Å². The van der Waals surface area contributed by atoms with Crippen LogP contribution in [0.4, 0.5) is 0 Å². The van der Waals surface area contributed by atoms with Gasteiger partial charge in [-0.1, -0.05) is 60.7 Å². The second-order valence-corrected chi connectivity index (χ2v) is 4.84. The molecule has 0 unspecified atom stereocenters. The topological polar surface area (TPSA) is 47.1 Å². The summed E-state index contributed by atoms with van der Waals surface area (Å²) in [5.74, 6) is 0. The van der Waals surface area contributed by atoms with E-state index in [9.17, 15) is 0 Å². The average molecular weight is 293 g/mol. The Balaban J connectivity index is 1.63. The molecule has 0 saturated heterocycles. The van der Waals surface area contributed by atoms with Gasteiger partial charge in [0.05, 0.1) is 13.2 Å². The van der Waals surface area contributed by atoms with Crippen LogP contribution in [0.5, 0.6) is 0 Å². The molecule has 0 amide bonds. The van der Waals surface area contributed by atoms with Crippen molar-refractivity contribution < 1.29 is 9.47 Å². The molecule has 0 saturated carbocycles. The molecule has 22 heavy (non-hydrogen) atoms. The van der Waals surface area contributed by atoms with Crippen molar-refractivity contribution >= 4 is 0 Å². The number of benzene rings is 2. The fourth-order valence-electron chi connectivity index (χ4n) is 2.06. The SMILES string of the molecule is [c]1c[nH]nc1C(OCc1ccccc1)OCc1ccccc1. The van der Waals surface area contributed by atoms with Gasteiger partial charge in [0, 0.05) is 12.3 Å². The molecule has 0 atom stereocenters. The normalized spacial score (nSPS) is 11.0. The number of nitrogens with one attached hydrogen (secondary N) is 1. The van der Waals surface area contributed by atoms with Crippen LogP contribution in [0.25, 0.3) is 0 Å². The summed E-state index contributed by atoms with van der Waals surface area (Å²) in [7, 11) is 0. The zero-order chi connectivity index (χ0) is 15.0. The summed E-state index contributed by atoms with van der Waals surface area (Å²) in [4.78, 5) is 0. The number of aromatic amines is 1. The van der Waals surface area contributed by atoms with Gasteiger partial charge in [-0.05, 0) is 11.1 Å². The first-order valence-electron chi connectivity index (χ1n) is 7.14. The maximum Gasteiger partial charge on any atom is 0.204 e. The summed E-state index contributed by atoms with van der Waals surface area (Å²) < 4.78 is 11.7. The molecule has 4 nitrogen and oxygen atoms in total. The van der Waals surface area contributed by atoms with Crippen LogP contribution in [-0.2, 0) is 22.7 Å². The Hall–Kier alpha value is -2.43. The van der Waals surface area contributed by atoms with Gasteiger partial charge in [-0.2, -0.15) is 5.10 Å². The molecule has 0 fully saturated rings. The minimum absolute atomic E-state index is 0.459. The van der Waals surface area contributed by atoms with Crippen molar-refractivity contribution in [2.24, 2.45) is 0 Å². The molecule has 0 spiro atoms. The number of rotatable bonds is 7. The summed E-state index contributed by atoms with van der Waals surface area (Å²) in [5.41, 5.74) is 2.80. The molecule has 0 bridgehead atoms. The summed E-state index contributed by atoms with van der Waals surface area (Å²) in [6.45, 7) is 0.919. The summed E-state index contributed by atoms with van der Waals surface area (Å²) in [5, 5.41) is 6.85. The van der Waals surface area contributed by atoms with Gasteiger partial charge < -0.3 is 9.47 Å². The smallest absolute Gasteiger partial charge is 0.204 e. The molecule has 0 aliphatic rings. The first-order valence-corrected chi connectivity index (χ1v) is 7.14. The van der Waals surface area contributed by atoms with E-state index in [0.29, 0.717) is 18.9 Å². The summed E-state index contributed by atoms with van der Waals surface area (Å²) in [6, 6.07) is 23.0. The zero-order valence-electron chi connectivity index (χ0n) is 12.1. The largest absolute Gasteiger partial charge is 0.342 e. The maximum atomic E-state index is 5.86. The Labute approximate surface area is 129 Å². The van der Waals surface area contributed by atoms with E-state index >= 15 is 0 Å². The highest BCUT2D eigenvalue weighted by Gasteiger charge is 2.15. The minimum atomic E-state index is -0.549. The average Bonchev–Trinajstić information content (AvgIpc) is 3.11. The second-order valence-electron chi connectivity index (χ2n) is 4.84. The molecule has 1 aromatic heterocycles. The van der Waals surface area contributed by atoms with Crippen molar-refractivity contribution in [1.29, 1.82) is 0 Å². The van der Waals surface area contributed by atoms with E-state index in [-0.39, 0.29) is 0 Å². The maximum absolute atomic E-state index is 5.86. The van der Waals surface area contributed by atoms with Crippen LogP contribution in [-0.4, -0.2) is 10.2 Å². The van der Waals surface area contributed by atoms with E-state index in [1.54, 1.807) is 6.20 Å². The molecule has 0 aliphatic carbocycles. The molecule has 1 heterocycles. The molecule has 4 heteroatoms. The number of aromatic nitrogens is 2. The van der Waals surface area contributed by atoms with Crippen molar-refractivity contribution in [3.63, 3.8) is 0 Å². The lowest BCUT2D eigenvalue weighted by Crippen LogP contribution is -2.10. The predicted octanol–water partition coefficient (Wildman–Crippen LogP) is 3.64. The van der Waals surface area contributed by atoms with E-state index in [1.165, 1.54) is 0 Å². The molecular weight excluding hydrogens is 276 g/mol. The highest BCUT2D eigenvalue weighted by molar-refractivity contribution is 5.14. The van der Waals surface area contributed by atoms with Gasteiger partial charge in [0.2, 0.25) is 6.29 Å². The van der Waals surface area contributed by atoms with Gasteiger partial charge in [-0.3, -0.25) is 5.10 Å². The van der Waals surface area contributed by atoms with Gasteiger partial charge >= 0.3 is 0 Å². The van der Waals surface area contributed by atoms with Gasteiger partial charge in [0.25, 0.3) is 0 Å². The lowest BCUT2D eigenvalue weighted by molar-refractivity contribution is -0.163. The Morgan fingerprint density at radius 1 is 0.864 bits per heavy atom. The standard InChI is InChI=1S/C18H17N2O2/c1-3-7-15(8-4-1)13-21-18(17-11-12-19-20-17)22-14-16-9-5-2-6-10-16/h1-10,12,18H,13-14H2,(H,19,20). The molecule has 1 radical (unpaired) electrons. The third-order valence-electron chi connectivity index (χ3n) is 3.18. The number of hydrogen-bond acceptors (Lipinski definition) is 3. The third-order valence-corrected chi connectivity index (χ3v) is 3.18. The molecule has 1 N–H and O–H groups in total. The molecule has 3 rings (SSSR count). The van der Waals surface area contributed by atoms with Crippen molar-refractivity contribution in [3.8, 4) is 0 Å². The molecule has 111 valence electrons. The second kappa shape index (κ2) is 7.54. The minimum Gasteiger partial charge on any atom is -0.342 e. The van der Waals surface area contributed by atoms with E-state index < -0.39 is 6.29 Å². The highest BCUT2D eigenvalue weighted by Crippen LogP contribution is 2.20. The summed E-state index contributed by atoms with van der Waals surface area (Å²) in [6.07, 6.45) is 1.09. The van der Waals surface area contributed by atoms with Gasteiger partial charge in [-0.15, -0.1) is 0 Å². The molecule has 0 aliphatic heterocycles. The fourth-order valence-corrected chi connectivity index (χ4v) is 2.06. The molecular formula is C18H17N2O2. The number of hydrogen-bond donors (Lipinski definition) is 1. The number of nitrogens with zero attached hydrogens (tertiary/aromatic N) is 1. The van der Waals surface area contributed by atoms with Crippen LogP contribution in [0.1, 0.15) is 23.1 Å². The van der Waals surface area contributed by atoms with Gasteiger partial charge in [-0.25, -0.2) is 0 Å². The third kappa shape index (κ3) is 4.04. The Kier molecular flexibility index (Phi) is 4.97. The fraction of sp³-hybridized carbons (Fsp3) is 0.167. The molecule has 2 aromatic carbocycles. The Bertz CT molecular complexity index is 611. The van der Waals surface area contributed by atoms with E-state index in [4.69, 9.17) is 9.47 Å². The number of ether oxygens (including phenoxy) is 2. The van der Waals surface area contributed by atoms with Crippen LogP contribution in [0.2, 0.25) is 0 Å². The Morgan fingerprint density at radius 3 is 1.86 bits per heavy atom. The number of H-pyrrole nitrogens is 1. The molecule has 3 aromatic rings. The Morgan fingerprint density at radius 2 is 1.41 bits per heavy atom.